The monoisotopic (exact) mass is 518 g/mol. The van der Waals surface area contributed by atoms with E-state index >= 15 is 0 Å². The number of nitrogens with zero attached hydrogens (tertiary/aromatic N) is 2. The van der Waals surface area contributed by atoms with E-state index in [1.165, 1.54) is 24.6 Å². The van der Waals surface area contributed by atoms with Crippen molar-refractivity contribution in [2.45, 2.75) is 31.3 Å². The smallest absolute Gasteiger partial charge is 0.272 e. The van der Waals surface area contributed by atoms with E-state index in [9.17, 15) is 15.0 Å². The summed E-state index contributed by atoms with van der Waals surface area (Å²) in [6.07, 6.45) is 4.12. The Balaban J connectivity index is 1.15. The number of aliphatic hydroxyl groups is 2. The number of amides is 1. The lowest BCUT2D eigenvalue weighted by molar-refractivity contribution is 0.0594. The summed E-state index contributed by atoms with van der Waals surface area (Å²) in [5.41, 5.74) is 3.93. The second kappa shape index (κ2) is 11.8. The predicted molar refractivity (Wildman–Crippen MR) is 142 cm³/mol. The molecule has 1 saturated carbocycles. The molecule has 2 aliphatic rings. The quantitative estimate of drug-likeness (QED) is 0.376. The number of ether oxygens (including phenoxy) is 3. The Hall–Kier alpha value is -3.62. The van der Waals surface area contributed by atoms with Crippen molar-refractivity contribution in [3.8, 4) is 17.2 Å². The highest BCUT2D eigenvalue weighted by molar-refractivity contribution is 5.93. The summed E-state index contributed by atoms with van der Waals surface area (Å²) in [5, 5.41) is 18.4. The van der Waals surface area contributed by atoms with Gasteiger partial charge >= 0.3 is 0 Å². The first-order chi connectivity index (χ1) is 18.6. The normalized spacial score (nSPS) is 15.3. The average molecular weight is 519 g/mol. The molecule has 0 atom stereocenters. The molecule has 2 fully saturated rings. The van der Waals surface area contributed by atoms with Gasteiger partial charge in [0.25, 0.3) is 5.91 Å². The summed E-state index contributed by atoms with van der Waals surface area (Å²) < 4.78 is 17.3. The predicted octanol–water partition coefficient (Wildman–Crippen LogP) is 3.77. The minimum absolute atomic E-state index is 0.157. The third-order valence-corrected chi connectivity index (χ3v) is 7.20. The fourth-order valence-electron chi connectivity index (χ4n) is 4.53. The van der Waals surface area contributed by atoms with Crippen molar-refractivity contribution in [2.75, 3.05) is 40.0 Å². The molecule has 200 valence electrons. The van der Waals surface area contributed by atoms with Gasteiger partial charge in [0, 0.05) is 37.2 Å². The molecule has 1 aliphatic carbocycles. The Morgan fingerprint density at radius 3 is 2.37 bits per heavy atom. The number of benzene rings is 2. The van der Waals surface area contributed by atoms with Crippen LogP contribution in [0.5, 0.6) is 17.2 Å². The van der Waals surface area contributed by atoms with Crippen molar-refractivity contribution in [3.05, 3.63) is 83.2 Å². The van der Waals surface area contributed by atoms with E-state index in [1.807, 2.05) is 18.2 Å². The molecule has 3 aromatic rings. The summed E-state index contributed by atoms with van der Waals surface area (Å²) in [5.74, 6) is 2.27. The summed E-state index contributed by atoms with van der Waals surface area (Å²) in [7, 11) is 1.64. The summed E-state index contributed by atoms with van der Waals surface area (Å²) in [4.78, 5) is 18.9. The number of pyridine rings is 1. The van der Waals surface area contributed by atoms with E-state index in [1.54, 1.807) is 24.1 Å². The van der Waals surface area contributed by atoms with Gasteiger partial charge in [-0.1, -0.05) is 30.3 Å². The van der Waals surface area contributed by atoms with Gasteiger partial charge in [-0.2, -0.15) is 0 Å². The second-order valence-electron chi connectivity index (χ2n) is 10.0. The van der Waals surface area contributed by atoms with Gasteiger partial charge in [-0.15, -0.1) is 0 Å². The van der Waals surface area contributed by atoms with Crippen LogP contribution in [-0.2, 0) is 6.61 Å². The van der Waals surface area contributed by atoms with Gasteiger partial charge in [0.15, 0.2) is 11.5 Å². The number of carbonyl (C=O) groups is 1. The van der Waals surface area contributed by atoms with E-state index in [2.05, 4.69) is 29.2 Å². The van der Waals surface area contributed by atoms with Crippen molar-refractivity contribution in [1.82, 2.24) is 9.88 Å². The molecule has 8 heteroatoms. The molecule has 1 amide bonds. The van der Waals surface area contributed by atoms with E-state index in [0.29, 0.717) is 42.6 Å². The number of hydrogen-bond acceptors (Lipinski definition) is 7. The molecule has 2 aromatic carbocycles. The van der Waals surface area contributed by atoms with Crippen LogP contribution in [0, 0.1) is 5.92 Å². The fraction of sp³-hybridized carbons (Fsp3) is 0.400. The van der Waals surface area contributed by atoms with Gasteiger partial charge in [0.1, 0.15) is 18.1 Å². The van der Waals surface area contributed by atoms with E-state index in [4.69, 9.17) is 14.2 Å². The van der Waals surface area contributed by atoms with Crippen LogP contribution < -0.4 is 14.2 Å². The maximum Gasteiger partial charge on any atom is 0.272 e. The SMILES string of the molecule is COc1cc(C2CN(C(=O)c3cc(OCC(CO)CO)ccn3)C2)ccc1OCc1ccc(C2CC2)cc1. The highest BCUT2D eigenvalue weighted by Crippen LogP contribution is 2.40. The maximum atomic E-state index is 12.9. The largest absolute Gasteiger partial charge is 0.493 e. The first kappa shape index (κ1) is 26.0. The average Bonchev–Trinajstić information content (AvgIpc) is 3.78. The van der Waals surface area contributed by atoms with E-state index in [-0.39, 0.29) is 37.6 Å². The van der Waals surface area contributed by atoms with Crippen LogP contribution in [-0.4, -0.2) is 66.0 Å². The molecular formula is C30H34N2O6. The van der Waals surface area contributed by atoms with Gasteiger partial charge in [-0.3, -0.25) is 9.78 Å². The molecule has 2 heterocycles. The minimum atomic E-state index is -0.370. The molecule has 0 bridgehead atoms. The summed E-state index contributed by atoms with van der Waals surface area (Å²) in [6.45, 7) is 1.45. The number of rotatable bonds is 12. The summed E-state index contributed by atoms with van der Waals surface area (Å²) >= 11 is 0. The van der Waals surface area contributed by atoms with Gasteiger partial charge in [0.2, 0.25) is 0 Å². The Kier molecular flexibility index (Phi) is 8.10. The van der Waals surface area contributed by atoms with Crippen LogP contribution >= 0.6 is 0 Å². The van der Waals surface area contributed by atoms with Crippen molar-refractivity contribution in [1.29, 1.82) is 0 Å². The fourth-order valence-corrected chi connectivity index (χ4v) is 4.53. The zero-order chi connectivity index (χ0) is 26.5. The number of aliphatic hydroxyl groups excluding tert-OH is 2. The topological polar surface area (TPSA) is 101 Å². The molecule has 1 saturated heterocycles. The van der Waals surface area contributed by atoms with Gasteiger partial charge in [-0.05, 0) is 53.6 Å². The van der Waals surface area contributed by atoms with E-state index in [0.717, 1.165) is 17.0 Å². The molecule has 0 radical (unpaired) electrons. The zero-order valence-corrected chi connectivity index (χ0v) is 21.6. The lowest BCUT2D eigenvalue weighted by Crippen LogP contribution is -2.48. The Bertz CT molecular complexity index is 1230. The molecule has 8 nitrogen and oxygen atoms in total. The third kappa shape index (κ3) is 6.09. The number of likely N-dealkylation sites (tertiary alicyclic amines) is 1. The highest BCUT2D eigenvalue weighted by atomic mass is 16.5. The molecule has 1 aromatic heterocycles. The van der Waals surface area contributed by atoms with Crippen molar-refractivity contribution >= 4 is 5.91 Å². The number of methoxy groups -OCH3 is 1. The van der Waals surface area contributed by atoms with Crippen molar-refractivity contribution < 1.29 is 29.2 Å². The summed E-state index contributed by atoms with van der Waals surface area (Å²) in [6, 6.07) is 17.9. The Morgan fingerprint density at radius 1 is 0.947 bits per heavy atom. The van der Waals surface area contributed by atoms with Crippen LogP contribution in [0.2, 0.25) is 0 Å². The molecule has 5 rings (SSSR count). The second-order valence-corrected chi connectivity index (χ2v) is 10.0. The highest BCUT2D eigenvalue weighted by Gasteiger charge is 2.33. The molecule has 1 aliphatic heterocycles. The molecule has 0 unspecified atom stereocenters. The molecule has 38 heavy (non-hydrogen) atoms. The number of hydrogen-bond donors (Lipinski definition) is 2. The Labute approximate surface area is 222 Å². The third-order valence-electron chi connectivity index (χ3n) is 7.20. The lowest BCUT2D eigenvalue weighted by Gasteiger charge is -2.39. The number of aromatic nitrogens is 1. The first-order valence-corrected chi connectivity index (χ1v) is 13.1. The van der Waals surface area contributed by atoms with Gasteiger partial charge < -0.3 is 29.3 Å². The molecule has 0 spiro atoms. The molecular weight excluding hydrogens is 484 g/mol. The van der Waals surface area contributed by atoms with Crippen LogP contribution in [0.4, 0.5) is 0 Å². The van der Waals surface area contributed by atoms with Crippen LogP contribution in [0.15, 0.2) is 60.8 Å². The first-order valence-electron chi connectivity index (χ1n) is 13.1. The maximum absolute atomic E-state index is 12.9. The zero-order valence-electron chi connectivity index (χ0n) is 21.6. The van der Waals surface area contributed by atoms with Gasteiger partial charge in [-0.25, -0.2) is 0 Å². The van der Waals surface area contributed by atoms with E-state index < -0.39 is 0 Å². The number of carbonyl (C=O) groups excluding carboxylic acids is 1. The van der Waals surface area contributed by atoms with Gasteiger partial charge in [0.05, 0.1) is 26.9 Å². The van der Waals surface area contributed by atoms with Crippen molar-refractivity contribution in [2.24, 2.45) is 5.92 Å². The van der Waals surface area contributed by atoms with Crippen LogP contribution in [0.25, 0.3) is 0 Å². The van der Waals surface area contributed by atoms with Crippen molar-refractivity contribution in [3.63, 3.8) is 0 Å². The lowest BCUT2D eigenvalue weighted by atomic mass is 9.91. The van der Waals surface area contributed by atoms with Crippen LogP contribution in [0.1, 0.15) is 51.9 Å². The van der Waals surface area contributed by atoms with Crippen LogP contribution in [0.3, 0.4) is 0 Å². The molecule has 2 N–H and O–H groups in total. The standard InChI is InChI=1S/C30H34N2O6/c1-36-29-12-24(8-9-28(29)38-18-20-2-4-22(5-3-20)23-6-7-23)25-14-32(15-25)30(35)27-13-26(10-11-31-27)37-19-21(16-33)17-34/h2-5,8-13,21,23,25,33-34H,6-7,14-19H2,1H3. The minimum Gasteiger partial charge on any atom is -0.493 e. The Morgan fingerprint density at radius 2 is 1.68 bits per heavy atom.